The van der Waals surface area contributed by atoms with Crippen molar-refractivity contribution in [2.24, 2.45) is 0 Å². The quantitative estimate of drug-likeness (QED) is 0.320. The van der Waals surface area contributed by atoms with Gasteiger partial charge < -0.3 is 5.11 Å². The van der Waals surface area contributed by atoms with E-state index in [1.807, 2.05) is 21.0 Å². The van der Waals surface area contributed by atoms with Gasteiger partial charge in [-0.05, 0) is 33.5 Å². The molecule has 0 aliphatic rings. The molecule has 1 atom stereocenters. The molecule has 0 aromatic carbocycles. The van der Waals surface area contributed by atoms with Crippen LogP contribution in [0.25, 0.3) is 0 Å². The summed E-state index contributed by atoms with van der Waals surface area (Å²) in [4.78, 5) is 13.5. The molecule has 4 nitrogen and oxygen atoms in total. The number of hydrogen-bond donors (Lipinski definition) is 2. The number of likely N-dealkylation sites (N-methyl/N-ethyl adjacent to an activating group) is 1. The van der Waals surface area contributed by atoms with Crippen molar-refractivity contribution in [3.05, 3.63) is 0 Å². The molecular weight excluding hydrogens is 288 g/mol. The van der Waals surface area contributed by atoms with E-state index in [9.17, 15) is 9.90 Å². The lowest BCUT2D eigenvalue weighted by Gasteiger charge is -2.36. The fourth-order valence-electron chi connectivity index (χ4n) is 3.11. The van der Waals surface area contributed by atoms with Crippen molar-refractivity contribution in [1.29, 1.82) is 0 Å². The predicted molar refractivity (Wildman–Crippen MR) is 98.8 cm³/mol. The zero-order chi connectivity index (χ0) is 17.6. The Balaban J connectivity index is 3.77. The molecule has 0 aliphatic heterocycles. The molecule has 0 spiro atoms. The third kappa shape index (κ3) is 9.31. The monoisotopic (exact) mass is 328 g/mol. The molecule has 0 radical (unpaired) electrons. The normalized spacial score (nSPS) is 14.1. The highest BCUT2D eigenvalue weighted by Gasteiger charge is 2.39. The van der Waals surface area contributed by atoms with Gasteiger partial charge in [-0.15, -0.1) is 0 Å². The van der Waals surface area contributed by atoms with Crippen molar-refractivity contribution in [3.8, 4) is 0 Å². The van der Waals surface area contributed by atoms with Crippen LogP contribution in [0.2, 0.25) is 0 Å². The van der Waals surface area contributed by atoms with Gasteiger partial charge in [0.05, 0.1) is 0 Å². The first kappa shape index (κ1) is 22.4. The van der Waals surface area contributed by atoms with Crippen molar-refractivity contribution in [2.45, 2.75) is 96.6 Å². The third-order valence-corrected chi connectivity index (χ3v) is 4.68. The van der Waals surface area contributed by atoms with Crippen molar-refractivity contribution >= 4 is 5.97 Å². The van der Waals surface area contributed by atoms with E-state index in [1.165, 1.54) is 57.8 Å². The Hall–Kier alpha value is -0.610. The highest BCUT2D eigenvalue weighted by molar-refractivity contribution is 5.78. The fourth-order valence-corrected chi connectivity index (χ4v) is 3.11. The van der Waals surface area contributed by atoms with E-state index in [-0.39, 0.29) is 0 Å². The molecule has 0 saturated carbocycles. The summed E-state index contributed by atoms with van der Waals surface area (Å²) in [5.41, 5.74) is -0.909. The maximum Gasteiger partial charge on any atom is 0.339 e. The maximum atomic E-state index is 11.7. The summed E-state index contributed by atoms with van der Waals surface area (Å²) >= 11 is 0. The zero-order valence-electron chi connectivity index (χ0n) is 16.0. The highest BCUT2D eigenvalue weighted by atomic mass is 16.4. The highest BCUT2D eigenvalue weighted by Crippen LogP contribution is 2.17. The van der Waals surface area contributed by atoms with E-state index >= 15 is 0 Å². The van der Waals surface area contributed by atoms with Gasteiger partial charge in [-0.1, -0.05) is 78.1 Å². The number of aliphatic carboxylic acids is 1. The fraction of sp³-hybridized carbons (Fsp3) is 0.947. The molecule has 0 heterocycles. The average Bonchev–Trinajstić information content (AvgIpc) is 2.50. The molecule has 4 heteroatoms. The number of carboxylic acid groups (broad SMARTS) is 1. The summed E-state index contributed by atoms with van der Waals surface area (Å²) in [6.45, 7) is 5.06. The molecular formula is C19H40N2O2. The van der Waals surface area contributed by atoms with Crippen LogP contribution in [0.1, 0.15) is 90.9 Å². The second-order valence-electron chi connectivity index (χ2n) is 6.92. The predicted octanol–water partition coefficient (Wildman–Crippen LogP) is 4.64. The van der Waals surface area contributed by atoms with Crippen LogP contribution in [0.15, 0.2) is 0 Å². The molecule has 0 bridgehead atoms. The number of nitrogens with one attached hydrogen (secondary N) is 1. The molecule has 0 rings (SSSR count). The van der Waals surface area contributed by atoms with Crippen LogP contribution < -0.4 is 5.32 Å². The number of rotatable bonds is 16. The van der Waals surface area contributed by atoms with Crippen molar-refractivity contribution in [2.75, 3.05) is 20.6 Å². The molecule has 23 heavy (non-hydrogen) atoms. The van der Waals surface area contributed by atoms with Gasteiger partial charge in [0.25, 0.3) is 0 Å². The van der Waals surface area contributed by atoms with Gasteiger partial charge in [-0.3, -0.25) is 10.2 Å². The van der Waals surface area contributed by atoms with E-state index in [4.69, 9.17) is 0 Å². The van der Waals surface area contributed by atoms with E-state index in [1.54, 1.807) is 4.90 Å². The summed E-state index contributed by atoms with van der Waals surface area (Å²) in [7, 11) is 3.69. The summed E-state index contributed by atoms with van der Waals surface area (Å²) < 4.78 is 0. The van der Waals surface area contributed by atoms with Crippen LogP contribution in [0.3, 0.4) is 0 Å². The van der Waals surface area contributed by atoms with Gasteiger partial charge in [0, 0.05) is 0 Å². The van der Waals surface area contributed by atoms with E-state index in [0.717, 1.165) is 19.4 Å². The molecule has 0 saturated heterocycles. The van der Waals surface area contributed by atoms with Gasteiger partial charge >= 0.3 is 5.97 Å². The minimum Gasteiger partial charge on any atom is -0.479 e. The van der Waals surface area contributed by atoms with Crippen LogP contribution in [0, 0.1) is 0 Å². The number of hydrogen-bond acceptors (Lipinski definition) is 3. The number of nitrogens with zero attached hydrogens (tertiary/aromatic N) is 1. The van der Waals surface area contributed by atoms with E-state index in [2.05, 4.69) is 12.2 Å². The number of carboxylic acids is 1. The first-order valence-corrected chi connectivity index (χ1v) is 9.67. The van der Waals surface area contributed by atoms with Gasteiger partial charge in [0.15, 0.2) is 5.66 Å². The lowest BCUT2D eigenvalue weighted by molar-refractivity contribution is -0.153. The molecule has 2 N–H and O–H groups in total. The maximum absolute atomic E-state index is 11.7. The van der Waals surface area contributed by atoms with Crippen LogP contribution in [-0.2, 0) is 4.79 Å². The van der Waals surface area contributed by atoms with Gasteiger partial charge in [0.2, 0.25) is 0 Å². The Morgan fingerprint density at radius 3 is 1.74 bits per heavy atom. The largest absolute Gasteiger partial charge is 0.479 e. The molecule has 138 valence electrons. The summed E-state index contributed by atoms with van der Waals surface area (Å²) in [5.74, 6) is -0.767. The van der Waals surface area contributed by atoms with Gasteiger partial charge in [-0.25, -0.2) is 4.79 Å². The Kier molecular flexibility index (Phi) is 13.4. The van der Waals surface area contributed by atoms with Crippen LogP contribution >= 0.6 is 0 Å². The average molecular weight is 329 g/mol. The SMILES string of the molecule is CCCCCCCCCCCCNC(CCC)(C(=O)O)N(C)C. The second-order valence-corrected chi connectivity index (χ2v) is 6.92. The molecule has 0 aliphatic carbocycles. The topological polar surface area (TPSA) is 52.6 Å². The van der Waals surface area contributed by atoms with Crippen molar-refractivity contribution < 1.29 is 9.90 Å². The smallest absolute Gasteiger partial charge is 0.339 e. The zero-order valence-corrected chi connectivity index (χ0v) is 16.0. The molecule has 0 fully saturated rings. The standard InChI is InChI=1S/C19H40N2O2/c1-5-7-8-9-10-11-12-13-14-15-17-20-19(16-6-2,18(22)23)21(3)4/h20H,5-17H2,1-4H3,(H,22,23). The second kappa shape index (κ2) is 13.8. The summed E-state index contributed by atoms with van der Waals surface area (Å²) in [6.07, 6.45) is 14.5. The van der Waals surface area contributed by atoms with E-state index in [0.29, 0.717) is 6.42 Å². The number of carbonyl (C=O) groups is 1. The Morgan fingerprint density at radius 2 is 1.35 bits per heavy atom. The molecule has 0 amide bonds. The minimum atomic E-state index is -0.909. The first-order chi connectivity index (χ1) is 11.0. The first-order valence-electron chi connectivity index (χ1n) is 9.67. The van der Waals surface area contributed by atoms with Crippen molar-refractivity contribution in [1.82, 2.24) is 10.2 Å². The van der Waals surface area contributed by atoms with Crippen molar-refractivity contribution in [3.63, 3.8) is 0 Å². The Labute approximate surface area is 144 Å². The van der Waals surface area contributed by atoms with Gasteiger partial charge in [-0.2, -0.15) is 0 Å². The van der Waals surface area contributed by atoms with Gasteiger partial charge in [0.1, 0.15) is 0 Å². The third-order valence-electron chi connectivity index (χ3n) is 4.68. The molecule has 0 aromatic rings. The van der Waals surface area contributed by atoms with Crippen LogP contribution in [-0.4, -0.2) is 42.3 Å². The van der Waals surface area contributed by atoms with E-state index < -0.39 is 11.6 Å². The number of unbranched alkanes of at least 4 members (excludes halogenated alkanes) is 9. The molecule has 1 unspecified atom stereocenters. The van der Waals surface area contributed by atoms with Crippen LogP contribution in [0.4, 0.5) is 0 Å². The lowest BCUT2D eigenvalue weighted by atomic mass is 10.0. The lowest BCUT2D eigenvalue weighted by Crippen LogP contribution is -2.61. The molecule has 0 aromatic heterocycles. The minimum absolute atomic E-state index is 0.632. The van der Waals surface area contributed by atoms with Crippen LogP contribution in [0.5, 0.6) is 0 Å². The Bertz CT molecular complexity index is 295. The summed E-state index contributed by atoms with van der Waals surface area (Å²) in [6, 6.07) is 0. The Morgan fingerprint density at radius 1 is 0.870 bits per heavy atom. The summed E-state index contributed by atoms with van der Waals surface area (Å²) in [5, 5.41) is 12.9.